The number of sulfone groups is 1. The van der Waals surface area contributed by atoms with Gasteiger partial charge in [-0.3, -0.25) is 4.57 Å². The Bertz CT molecular complexity index is 1370. The van der Waals surface area contributed by atoms with Crippen LogP contribution in [0.3, 0.4) is 0 Å². The lowest BCUT2D eigenvalue weighted by Gasteiger charge is -2.24. The van der Waals surface area contributed by atoms with E-state index in [9.17, 15) is 17.9 Å². The molecule has 1 heterocycles. The van der Waals surface area contributed by atoms with Crippen molar-refractivity contribution in [3.8, 4) is 17.1 Å². The second-order valence-electron chi connectivity index (χ2n) is 8.69. The van der Waals surface area contributed by atoms with E-state index < -0.39 is 20.4 Å². The molecule has 2 aromatic carbocycles. The highest BCUT2D eigenvalue weighted by atomic mass is 35.5. The van der Waals surface area contributed by atoms with Crippen LogP contribution in [0.1, 0.15) is 31.5 Å². The Balaban J connectivity index is 1.75. The maximum Gasteiger partial charge on any atom is 0.232 e. The predicted octanol–water partition coefficient (Wildman–Crippen LogP) is 5.47. The second-order valence-corrected chi connectivity index (χ2v) is 11.3. The Labute approximate surface area is 197 Å². The van der Waals surface area contributed by atoms with Crippen LogP contribution >= 0.6 is 11.6 Å². The molecule has 1 atom stereocenters. The molecule has 5 nitrogen and oxygen atoms in total. The zero-order valence-electron chi connectivity index (χ0n) is 18.5. The van der Waals surface area contributed by atoms with Crippen molar-refractivity contribution in [2.24, 2.45) is 0 Å². The molecule has 1 aliphatic rings. The minimum atomic E-state index is -3.91. The first kappa shape index (κ1) is 23.4. The van der Waals surface area contributed by atoms with Gasteiger partial charge in [-0.15, -0.1) is 0 Å². The van der Waals surface area contributed by atoms with Crippen molar-refractivity contribution in [2.45, 2.75) is 30.9 Å². The van der Waals surface area contributed by atoms with Gasteiger partial charge in [-0.1, -0.05) is 48.0 Å². The van der Waals surface area contributed by atoms with Crippen LogP contribution in [0.4, 0.5) is 4.39 Å². The van der Waals surface area contributed by atoms with Gasteiger partial charge < -0.3 is 5.11 Å². The molecule has 0 fully saturated rings. The van der Waals surface area contributed by atoms with Crippen molar-refractivity contribution in [2.75, 3.05) is 6.26 Å². The molecule has 8 heteroatoms. The fourth-order valence-electron chi connectivity index (χ4n) is 3.68. The van der Waals surface area contributed by atoms with Crippen LogP contribution in [0.25, 0.3) is 22.6 Å². The molecule has 1 unspecified atom stereocenters. The molecule has 0 saturated carbocycles. The van der Waals surface area contributed by atoms with Crippen LogP contribution in [-0.4, -0.2) is 34.3 Å². The monoisotopic (exact) mass is 486 g/mol. The highest BCUT2D eigenvalue weighted by molar-refractivity contribution is 7.92. The maximum absolute atomic E-state index is 15.0. The molecule has 1 N–H and O–H groups in total. The van der Waals surface area contributed by atoms with Gasteiger partial charge in [0, 0.05) is 30.1 Å². The van der Waals surface area contributed by atoms with E-state index in [1.165, 1.54) is 6.08 Å². The third-order valence-corrected chi connectivity index (χ3v) is 7.50. The zero-order chi connectivity index (χ0) is 24.0. The van der Waals surface area contributed by atoms with Crippen LogP contribution in [0.15, 0.2) is 73.0 Å². The summed E-state index contributed by atoms with van der Waals surface area (Å²) in [4.78, 5) is 4.64. The van der Waals surface area contributed by atoms with Crippen molar-refractivity contribution >= 4 is 27.0 Å². The van der Waals surface area contributed by atoms with E-state index in [1.807, 2.05) is 47.0 Å². The van der Waals surface area contributed by atoms with E-state index >= 15 is 0 Å². The topological polar surface area (TPSA) is 72.2 Å². The van der Waals surface area contributed by atoms with E-state index in [0.29, 0.717) is 27.7 Å². The van der Waals surface area contributed by atoms with Crippen LogP contribution in [0.5, 0.6) is 0 Å². The van der Waals surface area contributed by atoms with E-state index in [4.69, 9.17) is 11.6 Å². The highest BCUT2D eigenvalue weighted by Gasteiger charge is 2.40. The summed E-state index contributed by atoms with van der Waals surface area (Å²) in [5.41, 5.74) is 2.11. The molecule has 1 aliphatic carbocycles. The summed E-state index contributed by atoms with van der Waals surface area (Å²) >= 11 is 6.42. The number of rotatable bonds is 5. The van der Waals surface area contributed by atoms with E-state index in [-0.39, 0.29) is 6.42 Å². The lowest BCUT2D eigenvalue weighted by atomic mass is 9.96. The molecule has 1 aromatic heterocycles. The third-order valence-electron chi connectivity index (χ3n) is 5.65. The molecular formula is C25H24ClFN2O3S. The summed E-state index contributed by atoms with van der Waals surface area (Å²) in [6, 6.07) is 14.6. The minimum Gasteiger partial charge on any atom is -0.384 e. The molecule has 0 bridgehead atoms. The van der Waals surface area contributed by atoms with Crippen molar-refractivity contribution in [3.05, 3.63) is 89.2 Å². The summed E-state index contributed by atoms with van der Waals surface area (Å²) < 4.78 is 40.6. The Morgan fingerprint density at radius 1 is 1.15 bits per heavy atom. The smallest absolute Gasteiger partial charge is 0.232 e. The molecular weight excluding hydrogens is 463 g/mol. The van der Waals surface area contributed by atoms with Crippen LogP contribution in [-0.2, 0) is 15.4 Å². The molecule has 172 valence electrons. The van der Waals surface area contributed by atoms with Gasteiger partial charge in [0.25, 0.3) is 0 Å². The van der Waals surface area contributed by atoms with Gasteiger partial charge in [0.15, 0.2) is 9.84 Å². The lowest BCUT2D eigenvalue weighted by molar-refractivity contribution is 0.0743. The van der Waals surface area contributed by atoms with Gasteiger partial charge in [-0.25, -0.2) is 17.8 Å². The minimum absolute atomic E-state index is 0.250. The Kier molecular flexibility index (Phi) is 5.85. The van der Waals surface area contributed by atoms with Crippen molar-refractivity contribution in [3.63, 3.8) is 0 Å². The van der Waals surface area contributed by atoms with Gasteiger partial charge in [0.1, 0.15) is 11.4 Å². The van der Waals surface area contributed by atoms with Gasteiger partial charge in [0.2, 0.25) is 5.00 Å². The number of hydrogen-bond donors (Lipinski definition) is 1. The first-order chi connectivity index (χ1) is 15.4. The molecule has 33 heavy (non-hydrogen) atoms. The Morgan fingerprint density at radius 2 is 1.82 bits per heavy atom. The normalized spacial score (nSPS) is 18.9. The molecule has 0 amide bonds. The number of allylic oxidation sites excluding steroid dienone is 3. The average Bonchev–Trinajstić information content (AvgIpc) is 3.19. The highest BCUT2D eigenvalue weighted by Crippen LogP contribution is 2.37. The van der Waals surface area contributed by atoms with E-state index in [1.54, 1.807) is 32.2 Å². The first-order valence-corrected chi connectivity index (χ1v) is 12.6. The molecule has 4 rings (SSSR count). The second kappa shape index (κ2) is 8.24. The number of nitrogens with zero attached hydrogens (tertiary/aromatic N) is 2. The molecule has 3 aromatic rings. The van der Waals surface area contributed by atoms with Gasteiger partial charge in [-0.2, -0.15) is 0 Å². The van der Waals surface area contributed by atoms with E-state index in [0.717, 1.165) is 23.6 Å². The van der Waals surface area contributed by atoms with Crippen molar-refractivity contribution in [1.29, 1.82) is 0 Å². The maximum atomic E-state index is 15.0. The number of imidazole rings is 1. The van der Waals surface area contributed by atoms with Gasteiger partial charge >= 0.3 is 0 Å². The van der Waals surface area contributed by atoms with E-state index in [2.05, 4.69) is 4.98 Å². The molecule has 0 radical (unpaired) electrons. The fourth-order valence-corrected chi connectivity index (χ4v) is 4.64. The summed E-state index contributed by atoms with van der Waals surface area (Å²) in [7, 11) is -3.91. The standard InChI is InChI=1S/C25H24ClFN2O3S/c1-24(2,30)22-16-29(23(28-22)20-8-4-5-9-21(20)26)19-12-10-17(11-13-19)18-7-6-14-25(27,15-18)33(3,31)32/h4-14,16,30H,15H2,1-3H3. The summed E-state index contributed by atoms with van der Waals surface area (Å²) in [6.45, 7) is 3.32. The number of halogens is 2. The molecule has 0 spiro atoms. The van der Waals surface area contributed by atoms with Crippen LogP contribution < -0.4 is 0 Å². The van der Waals surface area contributed by atoms with Crippen LogP contribution in [0, 0.1) is 0 Å². The lowest BCUT2D eigenvalue weighted by Crippen LogP contribution is -2.32. The number of aromatic nitrogens is 2. The van der Waals surface area contributed by atoms with Gasteiger partial charge in [-0.05, 0) is 55.3 Å². The SMILES string of the molecule is CC(C)(O)c1cn(-c2ccc(C3=CC=CC(F)(S(C)(=O)=O)C3)cc2)c(-c2ccccc2Cl)n1. The first-order valence-electron chi connectivity index (χ1n) is 10.3. The largest absolute Gasteiger partial charge is 0.384 e. The molecule has 0 aliphatic heterocycles. The zero-order valence-corrected chi connectivity index (χ0v) is 20.0. The summed E-state index contributed by atoms with van der Waals surface area (Å²) in [6.07, 6.45) is 6.65. The molecule has 0 saturated heterocycles. The summed E-state index contributed by atoms with van der Waals surface area (Å²) in [5, 5.41) is 8.62. The van der Waals surface area contributed by atoms with Gasteiger partial charge in [0.05, 0.1) is 10.7 Å². The van der Waals surface area contributed by atoms with Crippen molar-refractivity contribution in [1.82, 2.24) is 9.55 Å². The van der Waals surface area contributed by atoms with Crippen LogP contribution in [0.2, 0.25) is 5.02 Å². The quantitative estimate of drug-likeness (QED) is 0.518. The number of benzene rings is 2. The average molecular weight is 487 g/mol. The Morgan fingerprint density at radius 3 is 2.42 bits per heavy atom. The fraction of sp³-hybridized carbons (Fsp3) is 0.240. The third kappa shape index (κ3) is 4.53. The Hall–Kier alpha value is -2.74. The number of aliphatic hydroxyl groups is 1. The summed E-state index contributed by atoms with van der Waals surface area (Å²) in [5.74, 6) is 0.574. The number of alkyl halides is 1. The van der Waals surface area contributed by atoms with Crippen molar-refractivity contribution < 1.29 is 17.9 Å². The number of hydrogen-bond acceptors (Lipinski definition) is 4. The predicted molar refractivity (Wildman–Crippen MR) is 130 cm³/mol.